The minimum Gasteiger partial charge on any atom is -0.381 e. The van der Waals surface area contributed by atoms with Gasteiger partial charge in [0.1, 0.15) is 16.7 Å². The molecule has 0 aliphatic carbocycles. The minimum absolute atomic E-state index is 0.101. The summed E-state index contributed by atoms with van der Waals surface area (Å²) in [6, 6.07) is 9.45. The average molecular weight is 345 g/mol. The van der Waals surface area contributed by atoms with Crippen LogP contribution in [0.5, 0.6) is 0 Å². The van der Waals surface area contributed by atoms with E-state index in [4.69, 9.17) is 28.6 Å². The lowest BCUT2D eigenvalue weighted by atomic mass is 10.0. The molecule has 3 rings (SSSR count). The molecule has 0 saturated heterocycles. The van der Waals surface area contributed by atoms with Crippen LogP contribution in [0, 0.1) is 18.2 Å². The summed E-state index contributed by atoms with van der Waals surface area (Å²) in [6.07, 6.45) is 0. The van der Waals surface area contributed by atoms with Crippen LogP contribution in [0.1, 0.15) is 5.69 Å². The number of aryl methyl sites for hydroxylation is 1. The Bertz CT molecular complexity index is 978. The van der Waals surface area contributed by atoms with E-state index in [1.165, 1.54) is 6.07 Å². The summed E-state index contributed by atoms with van der Waals surface area (Å²) in [5.41, 5.74) is 7.57. The molecule has 0 atom stereocenters. The summed E-state index contributed by atoms with van der Waals surface area (Å²) in [5.74, 6) is 5.45. The maximum atomic E-state index is 14.3. The molecule has 0 unspecified atom stereocenters. The van der Waals surface area contributed by atoms with E-state index >= 15 is 0 Å². The Balaban J connectivity index is 2.42. The van der Waals surface area contributed by atoms with Gasteiger partial charge in [-0.25, -0.2) is 19.0 Å². The molecule has 5 N–H and O–H groups in total. The molecule has 3 aromatic rings. The molecular weight excluding hydrogens is 331 g/mol. The van der Waals surface area contributed by atoms with E-state index < -0.39 is 5.82 Å². The third kappa shape index (κ3) is 2.69. The van der Waals surface area contributed by atoms with Crippen molar-refractivity contribution in [2.45, 2.75) is 6.92 Å². The van der Waals surface area contributed by atoms with Crippen molar-refractivity contribution in [3.63, 3.8) is 0 Å². The number of nitrogens with zero attached hydrogens (tertiary/aromatic N) is 3. The number of benzene rings is 1. The van der Waals surface area contributed by atoms with Crippen LogP contribution in [0.3, 0.4) is 0 Å². The van der Waals surface area contributed by atoms with Gasteiger partial charge in [-0.3, -0.25) is 5.41 Å². The monoisotopic (exact) mass is 344 g/mol. The van der Waals surface area contributed by atoms with Gasteiger partial charge in [0.15, 0.2) is 11.3 Å². The highest BCUT2D eigenvalue weighted by atomic mass is 35.5. The van der Waals surface area contributed by atoms with Gasteiger partial charge in [-0.2, -0.15) is 0 Å². The summed E-state index contributed by atoms with van der Waals surface area (Å²) in [7, 11) is 0. The lowest BCUT2D eigenvalue weighted by Crippen LogP contribution is -2.32. The SMILES string of the molecule is Cc1cc(-c2c(-c3ccccc3F)nc(N)c(=N)n2N)cc(Cl)n1. The highest BCUT2D eigenvalue weighted by Crippen LogP contribution is 2.32. The van der Waals surface area contributed by atoms with Crippen molar-refractivity contribution in [2.24, 2.45) is 0 Å². The van der Waals surface area contributed by atoms with Crippen molar-refractivity contribution in [2.75, 3.05) is 11.6 Å². The fourth-order valence-corrected chi connectivity index (χ4v) is 2.71. The molecule has 2 aromatic heterocycles. The van der Waals surface area contributed by atoms with E-state index in [1.54, 1.807) is 37.3 Å². The summed E-state index contributed by atoms with van der Waals surface area (Å²) in [5, 5.41) is 8.22. The van der Waals surface area contributed by atoms with E-state index in [1.807, 2.05) is 0 Å². The Hall–Kier alpha value is -2.93. The van der Waals surface area contributed by atoms with Crippen LogP contribution in [0.4, 0.5) is 10.2 Å². The van der Waals surface area contributed by atoms with Crippen LogP contribution in [0.25, 0.3) is 22.5 Å². The zero-order valence-corrected chi connectivity index (χ0v) is 13.5. The quantitative estimate of drug-likeness (QED) is 0.490. The molecule has 122 valence electrons. The Morgan fingerprint density at radius 3 is 2.58 bits per heavy atom. The third-order valence-electron chi connectivity index (χ3n) is 3.51. The zero-order valence-electron chi connectivity index (χ0n) is 12.7. The van der Waals surface area contributed by atoms with Gasteiger partial charge in [-0.1, -0.05) is 23.7 Å². The topological polar surface area (TPSA) is 107 Å². The van der Waals surface area contributed by atoms with Gasteiger partial charge < -0.3 is 11.6 Å². The molecule has 0 radical (unpaired) electrons. The molecule has 0 aliphatic heterocycles. The molecule has 0 spiro atoms. The number of nitrogen functional groups attached to an aromatic ring is 2. The van der Waals surface area contributed by atoms with Crippen molar-refractivity contribution < 1.29 is 4.39 Å². The predicted octanol–water partition coefficient (Wildman–Crippen LogP) is 2.49. The molecule has 2 heterocycles. The second kappa shape index (κ2) is 5.93. The van der Waals surface area contributed by atoms with Gasteiger partial charge >= 0.3 is 0 Å². The molecule has 0 saturated carbocycles. The van der Waals surface area contributed by atoms with Crippen molar-refractivity contribution >= 4 is 17.4 Å². The molecule has 6 nitrogen and oxygen atoms in total. The van der Waals surface area contributed by atoms with Crippen molar-refractivity contribution in [3.8, 4) is 22.5 Å². The van der Waals surface area contributed by atoms with E-state index in [2.05, 4.69) is 9.97 Å². The smallest absolute Gasteiger partial charge is 0.187 e. The molecular formula is C16H14ClFN6. The first kappa shape index (κ1) is 15.9. The highest BCUT2D eigenvalue weighted by molar-refractivity contribution is 6.29. The van der Waals surface area contributed by atoms with Crippen LogP contribution < -0.4 is 17.1 Å². The molecule has 8 heteroatoms. The number of nitrogens with one attached hydrogen (secondary N) is 1. The maximum Gasteiger partial charge on any atom is 0.187 e. The van der Waals surface area contributed by atoms with Gasteiger partial charge in [0.2, 0.25) is 0 Å². The van der Waals surface area contributed by atoms with E-state index in [-0.39, 0.29) is 27.7 Å². The Morgan fingerprint density at radius 1 is 1.21 bits per heavy atom. The zero-order chi connectivity index (χ0) is 17.4. The second-order valence-electron chi connectivity index (χ2n) is 5.21. The predicted molar refractivity (Wildman–Crippen MR) is 91.0 cm³/mol. The van der Waals surface area contributed by atoms with Gasteiger partial charge in [0, 0.05) is 16.8 Å². The number of pyridine rings is 1. The van der Waals surface area contributed by atoms with Crippen LogP contribution in [0.15, 0.2) is 36.4 Å². The Labute approximate surface area is 142 Å². The largest absolute Gasteiger partial charge is 0.381 e. The molecule has 1 aromatic carbocycles. The van der Waals surface area contributed by atoms with Gasteiger partial charge in [0.05, 0.1) is 5.69 Å². The first-order valence-corrected chi connectivity index (χ1v) is 7.38. The number of rotatable bonds is 2. The Morgan fingerprint density at radius 2 is 1.92 bits per heavy atom. The standard InChI is InChI=1S/C16H14ClFN6/c1-8-6-9(7-12(17)22-8)14-13(10-4-2-3-5-11(10)18)23-15(19)16(20)24(14)21/h2-7,20H,21H2,1H3,(H2,19,23). The number of aromatic nitrogens is 3. The van der Waals surface area contributed by atoms with Crippen LogP contribution in [0.2, 0.25) is 5.15 Å². The van der Waals surface area contributed by atoms with E-state index in [9.17, 15) is 4.39 Å². The van der Waals surface area contributed by atoms with Gasteiger partial charge in [-0.15, -0.1) is 0 Å². The highest BCUT2D eigenvalue weighted by Gasteiger charge is 2.19. The fourth-order valence-electron chi connectivity index (χ4n) is 2.46. The number of hydrogen-bond donors (Lipinski definition) is 3. The van der Waals surface area contributed by atoms with Crippen molar-refractivity contribution in [1.29, 1.82) is 5.41 Å². The summed E-state index contributed by atoms with van der Waals surface area (Å²) in [6.45, 7) is 1.77. The molecule has 0 fully saturated rings. The minimum atomic E-state index is -0.472. The summed E-state index contributed by atoms with van der Waals surface area (Å²) >= 11 is 6.03. The number of anilines is 1. The summed E-state index contributed by atoms with van der Waals surface area (Å²) in [4.78, 5) is 8.28. The molecule has 0 bridgehead atoms. The maximum absolute atomic E-state index is 14.3. The summed E-state index contributed by atoms with van der Waals surface area (Å²) < 4.78 is 15.3. The molecule has 24 heavy (non-hydrogen) atoms. The third-order valence-corrected chi connectivity index (χ3v) is 3.70. The lowest BCUT2D eigenvalue weighted by Gasteiger charge is -2.16. The second-order valence-corrected chi connectivity index (χ2v) is 5.60. The van der Waals surface area contributed by atoms with Crippen LogP contribution >= 0.6 is 11.6 Å². The van der Waals surface area contributed by atoms with Gasteiger partial charge in [0.25, 0.3) is 0 Å². The van der Waals surface area contributed by atoms with Crippen molar-refractivity contribution in [1.82, 2.24) is 14.6 Å². The number of nitrogens with two attached hydrogens (primary N) is 2. The van der Waals surface area contributed by atoms with Crippen molar-refractivity contribution in [3.05, 3.63) is 58.6 Å². The van der Waals surface area contributed by atoms with Gasteiger partial charge in [-0.05, 0) is 31.2 Å². The fraction of sp³-hybridized carbons (Fsp3) is 0.0625. The molecule has 0 aliphatic rings. The van der Waals surface area contributed by atoms with E-state index in [0.29, 0.717) is 17.0 Å². The number of hydrogen-bond acceptors (Lipinski definition) is 5. The average Bonchev–Trinajstić information content (AvgIpc) is 2.52. The lowest BCUT2D eigenvalue weighted by molar-refractivity contribution is 0.630. The number of halogens is 2. The normalized spacial score (nSPS) is 10.8. The molecule has 0 amide bonds. The van der Waals surface area contributed by atoms with Crippen LogP contribution in [-0.2, 0) is 0 Å². The first-order valence-electron chi connectivity index (χ1n) is 7.00. The first-order chi connectivity index (χ1) is 11.4. The Kier molecular flexibility index (Phi) is 3.94. The van der Waals surface area contributed by atoms with E-state index in [0.717, 1.165) is 4.68 Å². The van der Waals surface area contributed by atoms with Crippen LogP contribution in [-0.4, -0.2) is 14.6 Å².